The van der Waals surface area contributed by atoms with E-state index in [-0.39, 0.29) is 6.04 Å². The number of nitrogens with one attached hydrogen (secondary N) is 1. The first-order valence-electron chi connectivity index (χ1n) is 4.91. The van der Waals surface area contributed by atoms with Crippen LogP contribution < -0.4 is 5.32 Å². The van der Waals surface area contributed by atoms with Gasteiger partial charge in [0.1, 0.15) is 0 Å². The lowest BCUT2D eigenvalue weighted by Gasteiger charge is -2.27. The summed E-state index contributed by atoms with van der Waals surface area (Å²) in [6.45, 7) is 0. The van der Waals surface area contributed by atoms with Gasteiger partial charge in [-0.3, -0.25) is 4.98 Å². The first-order valence-corrected chi connectivity index (χ1v) is 5.28. The molecule has 1 aliphatic carbocycles. The molecule has 0 aromatic carbocycles. The van der Waals surface area contributed by atoms with Crippen LogP contribution in [0.2, 0.25) is 5.02 Å². The standard InChI is InChI=1S/C10H11ClN2O3/c11-5-3-6-7(13-10(15)16)1-2-8(14)9(6)12-4-5/h3-4,7-8,13-14H,1-2H2,(H,15,16). The van der Waals surface area contributed by atoms with Crippen molar-refractivity contribution in [2.75, 3.05) is 0 Å². The number of aromatic nitrogens is 1. The van der Waals surface area contributed by atoms with E-state index in [0.29, 0.717) is 29.1 Å². The number of pyridine rings is 1. The van der Waals surface area contributed by atoms with Crippen molar-refractivity contribution >= 4 is 17.7 Å². The largest absolute Gasteiger partial charge is 0.465 e. The van der Waals surface area contributed by atoms with Gasteiger partial charge in [0, 0.05) is 11.8 Å². The fraction of sp³-hybridized carbons (Fsp3) is 0.400. The van der Waals surface area contributed by atoms with E-state index in [4.69, 9.17) is 16.7 Å². The van der Waals surface area contributed by atoms with Gasteiger partial charge in [-0.05, 0) is 18.9 Å². The minimum absolute atomic E-state index is 0.345. The number of carboxylic acid groups (broad SMARTS) is 1. The molecule has 6 heteroatoms. The highest BCUT2D eigenvalue weighted by atomic mass is 35.5. The molecule has 2 unspecified atom stereocenters. The van der Waals surface area contributed by atoms with Crippen LogP contribution >= 0.6 is 11.6 Å². The van der Waals surface area contributed by atoms with Crippen LogP contribution in [-0.2, 0) is 0 Å². The van der Waals surface area contributed by atoms with Crippen molar-refractivity contribution in [1.29, 1.82) is 0 Å². The third kappa shape index (κ3) is 2.10. The number of hydrogen-bond donors (Lipinski definition) is 3. The highest BCUT2D eigenvalue weighted by Crippen LogP contribution is 2.35. The zero-order valence-corrected chi connectivity index (χ0v) is 9.11. The summed E-state index contributed by atoms with van der Waals surface area (Å²) in [5, 5.41) is 21.3. The van der Waals surface area contributed by atoms with Gasteiger partial charge in [0.15, 0.2) is 0 Å². The van der Waals surface area contributed by atoms with E-state index in [2.05, 4.69) is 10.3 Å². The number of carbonyl (C=O) groups is 1. The van der Waals surface area contributed by atoms with E-state index in [1.165, 1.54) is 6.20 Å². The summed E-state index contributed by atoms with van der Waals surface area (Å²) >= 11 is 5.81. The molecule has 0 fully saturated rings. The number of aliphatic hydroxyl groups is 1. The molecule has 86 valence electrons. The number of rotatable bonds is 1. The average Bonchev–Trinajstić information content (AvgIpc) is 2.22. The molecule has 1 heterocycles. The molecule has 3 N–H and O–H groups in total. The molecule has 0 saturated carbocycles. The number of nitrogens with zero attached hydrogens (tertiary/aromatic N) is 1. The van der Waals surface area contributed by atoms with Crippen LogP contribution in [-0.4, -0.2) is 21.3 Å². The van der Waals surface area contributed by atoms with Crippen molar-refractivity contribution in [1.82, 2.24) is 10.3 Å². The van der Waals surface area contributed by atoms with Crippen molar-refractivity contribution in [3.63, 3.8) is 0 Å². The Bertz CT molecular complexity index is 425. The maximum atomic E-state index is 10.6. The molecule has 2 atom stereocenters. The second-order valence-corrected chi connectivity index (χ2v) is 4.16. The minimum Gasteiger partial charge on any atom is -0.465 e. The van der Waals surface area contributed by atoms with Gasteiger partial charge in [-0.2, -0.15) is 0 Å². The second kappa shape index (κ2) is 4.27. The number of hydrogen-bond acceptors (Lipinski definition) is 3. The summed E-state index contributed by atoms with van der Waals surface area (Å²) in [5.41, 5.74) is 1.17. The number of aliphatic hydroxyl groups excluding tert-OH is 1. The van der Waals surface area contributed by atoms with E-state index in [0.717, 1.165) is 0 Å². The normalized spacial score (nSPS) is 23.6. The minimum atomic E-state index is -1.09. The van der Waals surface area contributed by atoms with Crippen molar-refractivity contribution in [3.05, 3.63) is 28.5 Å². The topological polar surface area (TPSA) is 82.5 Å². The Kier molecular flexibility index (Phi) is 2.98. The fourth-order valence-electron chi connectivity index (χ4n) is 1.94. The lowest BCUT2D eigenvalue weighted by atomic mass is 9.89. The van der Waals surface area contributed by atoms with Gasteiger partial charge in [0.2, 0.25) is 0 Å². The molecule has 0 saturated heterocycles. The first-order chi connectivity index (χ1) is 7.58. The van der Waals surface area contributed by atoms with E-state index < -0.39 is 12.2 Å². The Hall–Kier alpha value is -1.33. The molecule has 0 bridgehead atoms. The Morgan fingerprint density at radius 1 is 1.56 bits per heavy atom. The lowest BCUT2D eigenvalue weighted by molar-refractivity contribution is 0.138. The zero-order valence-electron chi connectivity index (χ0n) is 8.35. The molecule has 0 radical (unpaired) electrons. The Morgan fingerprint density at radius 3 is 3.00 bits per heavy atom. The number of fused-ring (bicyclic) bond motifs is 1. The molecule has 1 amide bonds. The van der Waals surface area contributed by atoms with Crippen molar-refractivity contribution < 1.29 is 15.0 Å². The van der Waals surface area contributed by atoms with Crippen LogP contribution in [0.5, 0.6) is 0 Å². The average molecular weight is 243 g/mol. The summed E-state index contributed by atoms with van der Waals surface area (Å²) in [6.07, 6.45) is 0.758. The summed E-state index contributed by atoms with van der Waals surface area (Å²) < 4.78 is 0. The quantitative estimate of drug-likeness (QED) is 0.702. The van der Waals surface area contributed by atoms with E-state index >= 15 is 0 Å². The van der Waals surface area contributed by atoms with Gasteiger partial charge in [-0.1, -0.05) is 11.6 Å². The lowest BCUT2D eigenvalue weighted by Crippen LogP contribution is -2.31. The SMILES string of the molecule is O=C(O)NC1CCC(O)c2ncc(Cl)cc21. The van der Waals surface area contributed by atoms with E-state index in [9.17, 15) is 9.90 Å². The number of halogens is 1. The molecular weight excluding hydrogens is 232 g/mol. The third-order valence-electron chi connectivity index (χ3n) is 2.63. The molecule has 1 aliphatic rings. The monoisotopic (exact) mass is 242 g/mol. The van der Waals surface area contributed by atoms with Crippen LogP contribution in [0.25, 0.3) is 0 Å². The van der Waals surface area contributed by atoms with E-state index in [1.54, 1.807) is 6.07 Å². The molecular formula is C10H11ClN2O3. The predicted molar refractivity (Wildman–Crippen MR) is 57.3 cm³/mol. The highest BCUT2D eigenvalue weighted by Gasteiger charge is 2.28. The Balaban J connectivity index is 2.37. The molecule has 1 aromatic rings. The summed E-state index contributed by atoms with van der Waals surface area (Å²) in [5.74, 6) is 0. The maximum absolute atomic E-state index is 10.6. The Morgan fingerprint density at radius 2 is 2.31 bits per heavy atom. The van der Waals surface area contributed by atoms with Gasteiger partial charge in [-0.15, -0.1) is 0 Å². The van der Waals surface area contributed by atoms with Crippen LogP contribution in [0.4, 0.5) is 4.79 Å². The van der Waals surface area contributed by atoms with Crippen LogP contribution in [0.3, 0.4) is 0 Å². The summed E-state index contributed by atoms with van der Waals surface area (Å²) in [6, 6.07) is 1.30. The van der Waals surface area contributed by atoms with Gasteiger partial charge >= 0.3 is 6.09 Å². The molecule has 1 aromatic heterocycles. The van der Waals surface area contributed by atoms with Crippen LogP contribution in [0.15, 0.2) is 12.3 Å². The maximum Gasteiger partial charge on any atom is 0.405 e. The van der Waals surface area contributed by atoms with Gasteiger partial charge in [0.05, 0.1) is 22.9 Å². The van der Waals surface area contributed by atoms with Crippen LogP contribution in [0, 0.1) is 0 Å². The summed E-state index contributed by atoms with van der Waals surface area (Å²) in [4.78, 5) is 14.7. The van der Waals surface area contributed by atoms with Crippen molar-refractivity contribution in [2.24, 2.45) is 0 Å². The van der Waals surface area contributed by atoms with Crippen LogP contribution in [0.1, 0.15) is 36.2 Å². The van der Waals surface area contributed by atoms with Gasteiger partial charge in [0.25, 0.3) is 0 Å². The molecule has 0 spiro atoms. The zero-order chi connectivity index (χ0) is 11.7. The predicted octanol–water partition coefficient (Wildman–Crippen LogP) is 1.87. The smallest absolute Gasteiger partial charge is 0.405 e. The van der Waals surface area contributed by atoms with Crippen molar-refractivity contribution in [2.45, 2.75) is 25.0 Å². The highest BCUT2D eigenvalue weighted by molar-refractivity contribution is 6.30. The second-order valence-electron chi connectivity index (χ2n) is 3.72. The van der Waals surface area contributed by atoms with Gasteiger partial charge < -0.3 is 15.5 Å². The number of amides is 1. The Labute approximate surface area is 97.1 Å². The van der Waals surface area contributed by atoms with E-state index in [1.807, 2.05) is 0 Å². The van der Waals surface area contributed by atoms with Crippen molar-refractivity contribution in [3.8, 4) is 0 Å². The first kappa shape index (κ1) is 11.2. The fourth-order valence-corrected chi connectivity index (χ4v) is 2.11. The van der Waals surface area contributed by atoms with Gasteiger partial charge in [-0.25, -0.2) is 4.79 Å². The molecule has 5 nitrogen and oxygen atoms in total. The molecule has 16 heavy (non-hydrogen) atoms. The summed E-state index contributed by atoms with van der Waals surface area (Å²) in [7, 11) is 0. The molecule has 0 aliphatic heterocycles. The third-order valence-corrected chi connectivity index (χ3v) is 2.84. The molecule has 2 rings (SSSR count).